The Morgan fingerprint density at radius 1 is 1.54 bits per heavy atom. The molecule has 1 unspecified atom stereocenters. The lowest BCUT2D eigenvalue weighted by atomic mass is 9.84. The molecule has 74 valence electrons. The van der Waals surface area contributed by atoms with Gasteiger partial charge in [0.1, 0.15) is 0 Å². The van der Waals surface area contributed by atoms with Gasteiger partial charge in [0.2, 0.25) is 5.91 Å². The summed E-state index contributed by atoms with van der Waals surface area (Å²) in [6.07, 6.45) is 0. The highest BCUT2D eigenvalue weighted by atomic mass is 32.2. The lowest BCUT2D eigenvalue weighted by Crippen LogP contribution is -2.59. The fraction of sp³-hybridized carbons (Fsp3) is 0.889. The van der Waals surface area contributed by atoms with Crippen LogP contribution in [0.3, 0.4) is 0 Å². The van der Waals surface area contributed by atoms with Gasteiger partial charge in [0.05, 0.1) is 6.04 Å². The Hall–Kier alpha value is -0.220. The topological polar surface area (TPSA) is 32.3 Å². The normalized spacial score (nSPS) is 31.5. The largest absolute Gasteiger partial charge is 0.340 e. The number of rotatable bonds is 1. The molecule has 3 nitrogen and oxygen atoms in total. The maximum absolute atomic E-state index is 11.8. The molecule has 0 aromatic heterocycles. The zero-order valence-electron chi connectivity index (χ0n) is 8.17. The predicted octanol–water partition coefficient (Wildman–Crippen LogP) is 0.517. The van der Waals surface area contributed by atoms with Gasteiger partial charge in [-0.3, -0.25) is 10.1 Å². The first kappa shape index (κ1) is 9.34. The van der Waals surface area contributed by atoms with Crippen molar-refractivity contribution in [1.82, 2.24) is 10.2 Å². The van der Waals surface area contributed by atoms with Crippen molar-refractivity contribution in [3.05, 3.63) is 0 Å². The Balaban J connectivity index is 1.85. The molecular weight excluding hydrogens is 184 g/mol. The van der Waals surface area contributed by atoms with E-state index in [1.54, 1.807) is 11.8 Å². The number of hydrogen-bond donors (Lipinski definition) is 1. The molecule has 2 aliphatic heterocycles. The van der Waals surface area contributed by atoms with E-state index in [9.17, 15) is 4.79 Å². The Labute approximate surface area is 83.2 Å². The molecule has 0 aromatic rings. The van der Waals surface area contributed by atoms with Gasteiger partial charge in [-0.05, 0) is 5.41 Å². The van der Waals surface area contributed by atoms with Crippen LogP contribution in [-0.4, -0.2) is 41.6 Å². The predicted molar refractivity (Wildman–Crippen MR) is 54.6 cm³/mol. The van der Waals surface area contributed by atoms with Crippen LogP contribution in [-0.2, 0) is 4.79 Å². The molecule has 2 heterocycles. The molecule has 0 aromatic carbocycles. The minimum atomic E-state index is 0.0844. The van der Waals surface area contributed by atoms with Crippen molar-refractivity contribution in [3.8, 4) is 0 Å². The number of nitrogens with zero attached hydrogens (tertiary/aromatic N) is 1. The summed E-state index contributed by atoms with van der Waals surface area (Å²) in [6.45, 7) is 6.25. The van der Waals surface area contributed by atoms with Crippen LogP contribution in [0.15, 0.2) is 0 Å². The van der Waals surface area contributed by atoms with E-state index < -0.39 is 0 Å². The fourth-order valence-corrected chi connectivity index (χ4v) is 2.85. The molecule has 2 aliphatic rings. The minimum absolute atomic E-state index is 0.0844. The lowest BCUT2D eigenvalue weighted by molar-refractivity contribution is -0.142. The van der Waals surface area contributed by atoms with Crippen molar-refractivity contribution in [2.45, 2.75) is 19.9 Å². The lowest BCUT2D eigenvalue weighted by Gasteiger charge is -2.46. The summed E-state index contributed by atoms with van der Waals surface area (Å²) in [5.74, 6) is 2.16. The summed E-state index contributed by atoms with van der Waals surface area (Å²) in [7, 11) is 0. The summed E-state index contributed by atoms with van der Waals surface area (Å²) in [5, 5.41) is 3.20. The first-order valence-corrected chi connectivity index (χ1v) is 5.84. The number of carbonyl (C=O) groups is 1. The molecule has 0 spiro atoms. The fourth-order valence-electron chi connectivity index (χ4n) is 1.92. The van der Waals surface area contributed by atoms with Crippen LogP contribution in [0.4, 0.5) is 0 Å². The van der Waals surface area contributed by atoms with Gasteiger partial charge in [-0.2, -0.15) is 0 Å². The van der Waals surface area contributed by atoms with Crippen molar-refractivity contribution in [2.24, 2.45) is 5.41 Å². The quantitative estimate of drug-likeness (QED) is 0.669. The molecule has 1 amide bonds. The molecule has 1 atom stereocenters. The van der Waals surface area contributed by atoms with Crippen LogP contribution >= 0.6 is 11.8 Å². The number of amides is 1. The van der Waals surface area contributed by atoms with E-state index in [0.717, 1.165) is 24.7 Å². The number of thioether (sulfide) groups is 1. The molecular formula is C9H16N2OS. The van der Waals surface area contributed by atoms with Gasteiger partial charge in [-0.1, -0.05) is 13.8 Å². The minimum Gasteiger partial charge on any atom is -0.340 e. The van der Waals surface area contributed by atoms with E-state index in [1.165, 1.54) is 0 Å². The summed E-state index contributed by atoms with van der Waals surface area (Å²) in [4.78, 5) is 13.7. The molecule has 2 saturated heterocycles. The third kappa shape index (κ3) is 1.83. The van der Waals surface area contributed by atoms with E-state index in [-0.39, 0.29) is 6.04 Å². The van der Waals surface area contributed by atoms with Gasteiger partial charge in [0, 0.05) is 24.7 Å². The van der Waals surface area contributed by atoms with Gasteiger partial charge in [-0.25, -0.2) is 0 Å². The standard InChI is InChI=1S/C9H16N2OS/c1-9(2)4-11(5-9)8(12)7-3-13-6-10-7/h7,10H,3-6H2,1-2H3. The Morgan fingerprint density at radius 3 is 2.69 bits per heavy atom. The number of carbonyl (C=O) groups excluding carboxylic acids is 1. The van der Waals surface area contributed by atoms with Gasteiger partial charge in [0.15, 0.2) is 0 Å². The van der Waals surface area contributed by atoms with Crippen LogP contribution in [0, 0.1) is 5.41 Å². The van der Waals surface area contributed by atoms with E-state index >= 15 is 0 Å². The molecule has 0 saturated carbocycles. The summed E-state index contributed by atoms with van der Waals surface area (Å²) in [6, 6.07) is 0.0844. The molecule has 2 fully saturated rings. The van der Waals surface area contributed by atoms with Crippen molar-refractivity contribution in [1.29, 1.82) is 0 Å². The second-order valence-electron chi connectivity index (χ2n) is 4.63. The van der Waals surface area contributed by atoms with Crippen molar-refractivity contribution < 1.29 is 4.79 Å². The van der Waals surface area contributed by atoms with Crippen molar-refractivity contribution >= 4 is 17.7 Å². The maximum Gasteiger partial charge on any atom is 0.240 e. The first-order chi connectivity index (χ1) is 6.08. The number of hydrogen-bond acceptors (Lipinski definition) is 3. The highest BCUT2D eigenvalue weighted by Gasteiger charge is 2.40. The Bertz CT molecular complexity index is 216. The van der Waals surface area contributed by atoms with Gasteiger partial charge < -0.3 is 4.90 Å². The van der Waals surface area contributed by atoms with Crippen molar-refractivity contribution in [3.63, 3.8) is 0 Å². The third-order valence-electron chi connectivity index (χ3n) is 2.56. The van der Waals surface area contributed by atoms with E-state index in [1.807, 2.05) is 4.90 Å². The molecule has 13 heavy (non-hydrogen) atoms. The second-order valence-corrected chi connectivity index (χ2v) is 5.66. The first-order valence-electron chi connectivity index (χ1n) is 4.68. The molecule has 0 radical (unpaired) electrons. The van der Waals surface area contributed by atoms with E-state index in [0.29, 0.717) is 11.3 Å². The van der Waals surface area contributed by atoms with Gasteiger partial charge >= 0.3 is 0 Å². The monoisotopic (exact) mass is 200 g/mol. The van der Waals surface area contributed by atoms with Gasteiger partial charge in [0.25, 0.3) is 0 Å². The van der Waals surface area contributed by atoms with Crippen LogP contribution in [0.25, 0.3) is 0 Å². The Kier molecular flexibility index (Phi) is 2.28. The highest BCUT2D eigenvalue weighted by Crippen LogP contribution is 2.29. The zero-order valence-corrected chi connectivity index (χ0v) is 8.99. The average Bonchev–Trinajstić information content (AvgIpc) is 2.50. The van der Waals surface area contributed by atoms with Crippen LogP contribution in [0.2, 0.25) is 0 Å². The summed E-state index contributed by atoms with van der Waals surface area (Å²) in [5.41, 5.74) is 0.349. The van der Waals surface area contributed by atoms with E-state index in [2.05, 4.69) is 19.2 Å². The SMILES string of the molecule is CC1(C)CN(C(=O)C2CSCN2)C1. The van der Waals surface area contributed by atoms with E-state index in [4.69, 9.17) is 0 Å². The highest BCUT2D eigenvalue weighted by molar-refractivity contribution is 7.99. The average molecular weight is 200 g/mol. The number of likely N-dealkylation sites (tertiary alicyclic amines) is 1. The van der Waals surface area contributed by atoms with Crippen LogP contribution in [0.5, 0.6) is 0 Å². The summed E-state index contributed by atoms with van der Waals surface area (Å²) < 4.78 is 0. The number of nitrogens with one attached hydrogen (secondary N) is 1. The summed E-state index contributed by atoms with van der Waals surface area (Å²) >= 11 is 1.80. The Morgan fingerprint density at radius 2 is 2.23 bits per heavy atom. The molecule has 2 rings (SSSR count). The molecule has 4 heteroatoms. The zero-order chi connectivity index (χ0) is 9.47. The van der Waals surface area contributed by atoms with Crippen molar-refractivity contribution in [2.75, 3.05) is 24.7 Å². The van der Waals surface area contributed by atoms with Gasteiger partial charge in [-0.15, -0.1) is 11.8 Å². The third-order valence-corrected chi connectivity index (χ3v) is 3.50. The molecule has 0 aliphatic carbocycles. The molecule has 0 bridgehead atoms. The smallest absolute Gasteiger partial charge is 0.240 e. The van der Waals surface area contributed by atoms with Crippen LogP contribution < -0.4 is 5.32 Å². The maximum atomic E-state index is 11.8. The second kappa shape index (κ2) is 3.17. The molecule has 1 N–H and O–H groups in total. The van der Waals surface area contributed by atoms with Crippen LogP contribution in [0.1, 0.15) is 13.8 Å².